The molecular weight excluding hydrogens is 370 g/mol. The van der Waals surface area contributed by atoms with Gasteiger partial charge in [0.25, 0.3) is 5.91 Å². The van der Waals surface area contributed by atoms with Crippen LogP contribution in [-0.2, 0) is 14.3 Å². The first kappa shape index (κ1) is 21.3. The summed E-state index contributed by atoms with van der Waals surface area (Å²) in [4.78, 5) is 42.0. The second-order valence-electron chi connectivity index (χ2n) is 8.53. The first-order valence-corrected chi connectivity index (χ1v) is 10.3. The topological polar surface area (TPSA) is 79.0 Å². The lowest BCUT2D eigenvalue weighted by Gasteiger charge is -2.37. The van der Waals surface area contributed by atoms with E-state index >= 15 is 0 Å². The zero-order valence-electron chi connectivity index (χ0n) is 17.7. The molecule has 1 aromatic rings. The van der Waals surface area contributed by atoms with E-state index in [4.69, 9.17) is 4.74 Å². The molecule has 2 fully saturated rings. The fourth-order valence-corrected chi connectivity index (χ4v) is 4.08. The van der Waals surface area contributed by atoms with Crippen molar-refractivity contribution < 1.29 is 19.1 Å². The van der Waals surface area contributed by atoms with Gasteiger partial charge in [0, 0.05) is 31.9 Å². The molecule has 2 aliphatic rings. The van der Waals surface area contributed by atoms with Gasteiger partial charge in [0.1, 0.15) is 18.7 Å². The molecule has 3 rings (SSSR count). The van der Waals surface area contributed by atoms with Crippen LogP contribution in [0.3, 0.4) is 0 Å². The van der Waals surface area contributed by atoms with E-state index < -0.39 is 12.1 Å². The summed E-state index contributed by atoms with van der Waals surface area (Å²) < 4.78 is 5.56. The number of hydrogen-bond donors (Lipinski definition) is 1. The summed E-state index contributed by atoms with van der Waals surface area (Å²) in [5.41, 5.74) is 1.50. The quantitative estimate of drug-likeness (QED) is 0.787. The van der Waals surface area contributed by atoms with Gasteiger partial charge in [-0.15, -0.1) is 0 Å². The number of hydrogen-bond acceptors (Lipinski definition) is 5. The van der Waals surface area contributed by atoms with Crippen molar-refractivity contribution in [3.8, 4) is 0 Å². The van der Waals surface area contributed by atoms with E-state index in [0.29, 0.717) is 18.5 Å². The first-order valence-electron chi connectivity index (χ1n) is 10.3. The lowest BCUT2D eigenvalue weighted by molar-refractivity contribution is -0.142. The molecule has 0 bridgehead atoms. The predicted molar refractivity (Wildman–Crippen MR) is 111 cm³/mol. The Morgan fingerprint density at radius 3 is 2.55 bits per heavy atom. The summed E-state index contributed by atoms with van der Waals surface area (Å²) in [6, 6.07) is 6.08. The van der Waals surface area contributed by atoms with E-state index in [2.05, 4.69) is 5.32 Å². The van der Waals surface area contributed by atoms with Gasteiger partial charge in [-0.3, -0.25) is 14.4 Å². The maximum absolute atomic E-state index is 13.3. The number of likely N-dealkylation sites (tertiary alicyclic amines) is 1. The number of carbonyl (C=O) groups excluding carboxylic acids is 3. The van der Waals surface area contributed by atoms with Crippen molar-refractivity contribution in [1.29, 1.82) is 0 Å². The van der Waals surface area contributed by atoms with E-state index in [1.807, 2.05) is 45.0 Å². The Labute approximate surface area is 172 Å². The fraction of sp³-hybridized carbons (Fsp3) is 0.591. The largest absolute Gasteiger partial charge is 0.378 e. The number of ketones is 1. The molecule has 0 spiro atoms. The molecule has 1 N–H and O–H groups in total. The first-order chi connectivity index (χ1) is 13.8. The summed E-state index contributed by atoms with van der Waals surface area (Å²) >= 11 is 0. The van der Waals surface area contributed by atoms with Crippen LogP contribution < -0.4 is 10.2 Å². The molecule has 158 valence electrons. The number of nitrogens with zero attached hydrogens (tertiary/aromatic N) is 2. The molecule has 3 atom stereocenters. The molecular formula is C22H31N3O4. The minimum Gasteiger partial charge on any atom is -0.378 e. The van der Waals surface area contributed by atoms with Crippen molar-refractivity contribution in [1.82, 2.24) is 10.2 Å². The summed E-state index contributed by atoms with van der Waals surface area (Å²) in [5.74, 6) is -0.296. The Balaban J connectivity index is 1.75. The SMILES string of the molecule is CC(C)C[C@H](NC(=O)c1ccc(N(C)C)cc1)C(=O)N1CCC[C@H]2OCC(=O)[C@H]21. The number of benzene rings is 1. The number of anilines is 1. The van der Waals surface area contributed by atoms with Crippen molar-refractivity contribution >= 4 is 23.3 Å². The van der Waals surface area contributed by atoms with E-state index in [9.17, 15) is 14.4 Å². The third kappa shape index (κ3) is 4.78. The lowest BCUT2D eigenvalue weighted by atomic mass is 9.95. The van der Waals surface area contributed by atoms with Gasteiger partial charge in [-0.2, -0.15) is 0 Å². The highest BCUT2D eigenvalue weighted by molar-refractivity contribution is 5.99. The van der Waals surface area contributed by atoms with E-state index in [0.717, 1.165) is 18.5 Å². The van der Waals surface area contributed by atoms with Crippen LogP contribution in [0.4, 0.5) is 5.69 Å². The molecule has 0 aliphatic carbocycles. The standard InChI is InChI=1S/C22H31N3O4/c1-14(2)12-17(23-21(27)15-7-9-16(10-8-15)24(3)4)22(28)25-11-5-6-19-20(25)18(26)13-29-19/h7-10,14,17,19-20H,5-6,11-13H2,1-4H3,(H,23,27)/t17-,19+,20+/m0/s1. The van der Waals surface area contributed by atoms with Crippen LogP contribution in [0, 0.1) is 5.92 Å². The van der Waals surface area contributed by atoms with Crippen LogP contribution in [0.1, 0.15) is 43.5 Å². The van der Waals surface area contributed by atoms with Crippen molar-refractivity contribution in [3.05, 3.63) is 29.8 Å². The molecule has 2 saturated heterocycles. The van der Waals surface area contributed by atoms with Gasteiger partial charge in [-0.05, 0) is 49.4 Å². The van der Waals surface area contributed by atoms with Crippen LogP contribution in [0.25, 0.3) is 0 Å². The third-order valence-corrected chi connectivity index (χ3v) is 5.58. The van der Waals surface area contributed by atoms with Crippen LogP contribution in [0.5, 0.6) is 0 Å². The minimum atomic E-state index is -0.664. The predicted octanol–water partition coefficient (Wildman–Crippen LogP) is 1.86. The molecule has 1 aromatic carbocycles. The number of Topliss-reactive ketones (excluding diaryl/α,β-unsaturated/α-hetero) is 1. The highest BCUT2D eigenvalue weighted by Gasteiger charge is 2.45. The van der Waals surface area contributed by atoms with Gasteiger partial charge in [-0.1, -0.05) is 13.8 Å². The van der Waals surface area contributed by atoms with Crippen LogP contribution in [0.15, 0.2) is 24.3 Å². The van der Waals surface area contributed by atoms with Crippen LogP contribution in [0.2, 0.25) is 0 Å². The molecule has 0 aromatic heterocycles. The molecule has 29 heavy (non-hydrogen) atoms. The number of rotatable bonds is 6. The van der Waals surface area contributed by atoms with E-state index in [1.165, 1.54) is 0 Å². The minimum absolute atomic E-state index is 0.0445. The van der Waals surface area contributed by atoms with Crippen LogP contribution in [-0.4, -0.2) is 67.9 Å². The number of amides is 2. The monoisotopic (exact) mass is 401 g/mol. The van der Waals surface area contributed by atoms with Gasteiger partial charge in [0.2, 0.25) is 5.91 Å². The van der Waals surface area contributed by atoms with Crippen LogP contribution >= 0.6 is 0 Å². The zero-order valence-corrected chi connectivity index (χ0v) is 17.7. The lowest BCUT2D eigenvalue weighted by Crippen LogP contribution is -2.58. The summed E-state index contributed by atoms with van der Waals surface area (Å²) in [7, 11) is 3.87. The maximum Gasteiger partial charge on any atom is 0.251 e. The number of fused-ring (bicyclic) bond motifs is 1. The molecule has 0 saturated carbocycles. The second kappa shape index (κ2) is 8.95. The average molecular weight is 402 g/mol. The molecule has 0 unspecified atom stereocenters. The zero-order chi connectivity index (χ0) is 21.1. The summed E-state index contributed by atoms with van der Waals surface area (Å²) in [6.07, 6.45) is 1.89. The molecule has 0 radical (unpaired) electrons. The molecule has 7 nitrogen and oxygen atoms in total. The summed E-state index contributed by atoms with van der Waals surface area (Å²) in [6.45, 7) is 4.62. The summed E-state index contributed by atoms with van der Waals surface area (Å²) in [5, 5.41) is 2.91. The Hall–Kier alpha value is -2.41. The highest BCUT2D eigenvalue weighted by atomic mass is 16.5. The fourth-order valence-electron chi connectivity index (χ4n) is 4.08. The Kier molecular flexibility index (Phi) is 6.57. The molecule has 2 aliphatic heterocycles. The number of carbonyl (C=O) groups is 3. The smallest absolute Gasteiger partial charge is 0.251 e. The maximum atomic E-state index is 13.3. The van der Waals surface area contributed by atoms with Gasteiger partial charge < -0.3 is 19.9 Å². The van der Waals surface area contributed by atoms with Crippen molar-refractivity contribution in [2.75, 3.05) is 32.1 Å². The Morgan fingerprint density at radius 2 is 1.93 bits per heavy atom. The highest BCUT2D eigenvalue weighted by Crippen LogP contribution is 2.27. The van der Waals surface area contributed by atoms with Crippen molar-refractivity contribution in [2.45, 2.75) is 51.3 Å². The van der Waals surface area contributed by atoms with Gasteiger partial charge in [0.05, 0.1) is 6.10 Å². The number of piperidine rings is 1. The van der Waals surface area contributed by atoms with Gasteiger partial charge in [-0.25, -0.2) is 0 Å². The second-order valence-corrected chi connectivity index (χ2v) is 8.53. The van der Waals surface area contributed by atoms with Gasteiger partial charge >= 0.3 is 0 Å². The molecule has 7 heteroatoms. The Morgan fingerprint density at radius 1 is 1.24 bits per heavy atom. The van der Waals surface area contributed by atoms with E-state index in [1.54, 1.807) is 17.0 Å². The van der Waals surface area contributed by atoms with E-state index in [-0.39, 0.29) is 36.2 Å². The van der Waals surface area contributed by atoms with Gasteiger partial charge in [0.15, 0.2) is 5.78 Å². The number of ether oxygens (including phenoxy) is 1. The molecule has 2 amide bonds. The van der Waals surface area contributed by atoms with Crippen molar-refractivity contribution in [2.24, 2.45) is 5.92 Å². The normalized spacial score (nSPS) is 22.4. The third-order valence-electron chi connectivity index (χ3n) is 5.58. The number of nitrogens with one attached hydrogen (secondary N) is 1. The Bertz CT molecular complexity index is 760. The average Bonchev–Trinajstić information content (AvgIpc) is 3.07. The molecule has 2 heterocycles. The van der Waals surface area contributed by atoms with Crippen molar-refractivity contribution in [3.63, 3.8) is 0 Å².